The van der Waals surface area contributed by atoms with Crippen LogP contribution in [0, 0.1) is 5.92 Å². The van der Waals surface area contributed by atoms with Crippen LogP contribution in [0.2, 0.25) is 0 Å². The van der Waals surface area contributed by atoms with Gasteiger partial charge in [-0.15, -0.1) is 0 Å². The molecule has 1 aliphatic heterocycles. The van der Waals surface area contributed by atoms with E-state index in [-0.39, 0.29) is 26.2 Å². The summed E-state index contributed by atoms with van der Waals surface area (Å²) in [7, 11) is -7.15. The maximum absolute atomic E-state index is 11.9. The molecule has 0 aromatic heterocycles. The van der Waals surface area contributed by atoms with E-state index in [1.54, 1.807) is 0 Å². The van der Waals surface area contributed by atoms with Crippen molar-refractivity contribution in [1.29, 1.82) is 0 Å². The van der Waals surface area contributed by atoms with Gasteiger partial charge in [-0.2, -0.15) is 12.7 Å². The van der Waals surface area contributed by atoms with E-state index in [0.717, 1.165) is 10.6 Å². The standard InChI is InChI=1S/C9H19N3O6S2/c1-19(15,16)10-4-5-11-20(17,18)12-6-2-3-8(7-12)9(13)14/h8,10-11H,2-7H2,1H3,(H,13,14). The summed E-state index contributed by atoms with van der Waals surface area (Å²) in [6.45, 7) is 0.0424. The maximum atomic E-state index is 11.9. The Morgan fingerprint density at radius 1 is 1.25 bits per heavy atom. The molecular formula is C9H19N3O6S2. The van der Waals surface area contributed by atoms with Gasteiger partial charge in [0, 0.05) is 26.2 Å². The number of hydrogen-bond acceptors (Lipinski definition) is 5. The molecule has 0 spiro atoms. The van der Waals surface area contributed by atoms with Crippen molar-refractivity contribution in [2.24, 2.45) is 5.92 Å². The van der Waals surface area contributed by atoms with Gasteiger partial charge in [0.05, 0.1) is 12.2 Å². The van der Waals surface area contributed by atoms with Crippen molar-refractivity contribution in [1.82, 2.24) is 13.7 Å². The summed E-state index contributed by atoms with van der Waals surface area (Å²) in [6, 6.07) is 0. The van der Waals surface area contributed by atoms with Crippen molar-refractivity contribution >= 4 is 26.2 Å². The van der Waals surface area contributed by atoms with Crippen molar-refractivity contribution < 1.29 is 26.7 Å². The van der Waals surface area contributed by atoms with E-state index in [1.807, 2.05) is 0 Å². The number of aliphatic carboxylic acids is 1. The molecule has 0 aromatic rings. The highest BCUT2D eigenvalue weighted by atomic mass is 32.2. The van der Waals surface area contributed by atoms with E-state index in [0.29, 0.717) is 12.8 Å². The number of carboxylic acid groups (broad SMARTS) is 1. The highest BCUT2D eigenvalue weighted by Gasteiger charge is 2.31. The van der Waals surface area contributed by atoms with Gasteiger partial charge >= 0.3 is 5.97 Å². The lowest BCUT2D eigenvalue weighted by Gasteiger charge is -2.29. The zero-order chi connectivity index (χ0) is 15.4. The number of carboxylic acids is 1. The van der Waals surface area contributed by atoms with Gasteiger partial charge in [-0.05, 0) is 12.8 Å². The first-order chi connectivity index (χ1) is 9.12. The lowest BCUT2D eigenvalue weighted by Crippen LogP contribution is -2.48. The summed E-state index contributed by atoms with van der Waals surface area (Å²) in [4.78, 5) is 10.9. The Balaban J connectivity index is 2.49. The van der Waals surface area contributed by atoms with Crippen molar-refractivity contribution in [3.63, 3.8) is 0 Å². The molecule has 20 heavy (non-hydrogen) atoms. The monoisotopic (exact) mass is 329 g/mol. The highest BCUT2D eigenvalue weighted by Crippen LogP contribution is 2.18. The molecule has 9 nitrogen and oxygen atoms in total. The molecule has 0 bridgehead atoms. The molecule has 0 aliphatic carbocycles. The fourth-order valence-electron chi connectivity index (χ4n) is 1.87. The van der Waals surface area contributed by atoms with Crippen LogP contribution in [0.4, 0.5) is 0 Å². The molecule has 1 unspecified atom stereocenters. The Morgan fingerprint density at radius 3 is 2.40 bits per heavy atom. The number of hydrogen-bond donors (Lipinski definition) is 3. The molecule has 3 N–H and O–H groups in total. The third-order valence-corrected chi connectivity index (χ3v) is 5.16. The van der Waals surface area contributed by atoms with Gasteiger partial charge in [0.15, 0.2) is 0 Å². The van der Waals surface area contributed by atoms with E-state index >= 15 is 0 Å². The van der Waals surface area contributed by atoms with E-state index < -0.39 is 32.1 Å². The largest absolute Gasteiger partial charge is 0.481 e. The second-order valence-electron chi connectivity index (χ2n) is 4.60. The summed E-state index contributed by atoms with van der Waals surface area (Å²) >= 11 is 0. The van der Waals surface area contributed by atoms with Gasteiger partial charge in [0.1, 0.15) is 0 Å². The molecule has 1 saturated heterocycles. The van der Waals surface area contributed by atoms with E-state index in [1.165, 1.54) is 0 Å². The third-order valence-electron chi connectivity index (χ3n) is 2.85. The molecule has 11 heteroatoms. The Bertz CT molecular complexity index is 544. The second kappa shape index (κ2) is 6.80. The predicted molar refractivity (Wildman–Crippen MR) is 71.7 cm³/mol. The molecular weight excluding hydrogens is 310 g/mol. The topological polar surface area (TPSA) is 133 Å². The van der Waals surface area contributed by atoms with E-state index in [2.05, 4.69) is 9.44 Å². The van der Waals surface area contributed by atoms with Gasteiger partial charge in [-0.25, -0.2) is 17.9 Å². The van der Waals surface area contributed by atoms with Crippen molar-refractivity contribution in [3.8, 4) is 0 Å². The Morgan fingerprint density at radius 2 is 1.85 bits per heavy atom. The maximum Gasteiger partial charge on any atom is 0.307 e. The Hall–Kier alpha value is -0.750. The average Bonchev–Trinajstić information content (AvgIpc) is 2.34. The van der Waals surface area contributed by atoms with Gasteiger partial charge in [-0.1, -0.05) is 0 Å². The first-order valence-electron chi connectivity index (χ1n) is 6.04. The summed E-state index contributed by atoms with van der Waals surface area (Å²) in [5.41, 5.74) is 0. The lowest BCUT2D eigenvalue weighted by molar-refractivity contribution is -0.142. The molecule has 0 saturated carbocycles. The minimum atomic E-state index is -3.78. The van der Waals surface area contributed by atoms with Gasteiger partial charge in [0.2, 0.25) is 10.0 Å². The number of nitrogens with zero attached hydrogens (tertiary/aromatic N) is 1. The predicted octanol–water partition coefficient (Wildman–Crippen LogP) is -1.83. The smallest absolute Gasteiger partial charge is 0.307 e. The van der Waals surface area contributed by atoms with Gasteiger partial charge in [-0.3, -0.25) is 4.79 Å². The van der Waals surface area contributed by atoms with Crippen LogP contribution in [0.25, 0.3) is 0 Å². The van der Waals surface area contributed by atoms with Crippen LogP contribution in [0.15, 0.2) is 0 Å². The number of nitrogens with one attached hydrogen (secondary N) is 2. The first-order valence-corrected chi connectivity index (χ1v) is 9.37. The summed E-state index contributed by atoms with van der Waals surface area (Å²) in [5, 5.41) is 8.91. The van der Waals surface area contributed by atoms with Crippen molar-refractivity contribution in [3.05, 3.63) is 0 Å². The highest BCUT2D eigenvalue weighted by molar-refractivity contribution is 7.88. The average molecular weight is 329 g/mol. The fourth-order valence-corrected chi connectivity index (χ4v) is 3.63. The molecule has 0 aromatic carbocycles. The lowest BCUT2D eigenvalue weighted by atomic mass is 10.0. The van der Waals surface area contributed by atoms with Gasteiger partial charge in [0.25, 0.3) is 10.2 Å². The minimum Gasteiger partial charge on any atom is -0.481 e. The third kappa shape index (κ3) is 5.71. The van der Waals surface area contributed by atoms with Crippen LogP contribution < -0.4 is 9.44 Å². The Kier molecular flexibility index (Phi) is 5.89. The quantitative estimate of drug-likeness (QED) is 0.470. The summed E-state index contributed by atoms with van der Waals surface area (Å²) < 4.78 is 50.9. The fraction of sp³-hybridized carbons (Fsp3) is 0.889. The van der Waals surface area contributed by atoms with Crippen LogP contribution >= 0.6 is 0 Å². The molecule has 118 valence electrons. The minimum absolute atomic E-state index is 0.0612. The SMILES string of the molecule is CS(=O)(=O)NCCNS(=O)(=O)N1CCCC(C(=O)O)C1. The number of piperidine rings is 1. The summed E-state index contributed by atoms with van der Waals surface area (Å²) in [6.07, 6.45) is 1.92. The zero-order valence-corrected chi connectivity index (χ0v) is 12.7. The molecule has 0 amide bonds. The van der Waals surface area contributed by atoms with E-state index in [4.69, 9.17) is 5.11 Å². The second-order valence-corrected chi connectivity index (χ2v) is 8.19. The van der Waals surface area contributed by atoms with Crippen molar-refractivity contribution in [2.75, 3.05) is 32.4 Å². The normalized spacial score (nSPS) is 21.8. The Labute approximate surface area is 118 Å². The number of rotatable bonds is 7. The van der Waals surface area contributed by atoms with Crippen LogP contribution in [-0.4, -0.2) is 64.7 Å². The molecule has 0 radical (unpaired) electrons. The molecule has 1 fully saturated rings. The van der Waals surface area contributed by atoms with Crippen molar-refractivity contribution in [2.45, 2.75) is 12.8 Å². The van der Waals surface area contributed by atoms with Crippen LogP contribution in [0.1, 0.15) is 12.8 Å². The molecule has 1 rings (SSSR count). The molecule has 1 heterocycles. The van der Waals surface area contributed by atoms with Gasteiger partial charge < -0.3 is 5.11 Å². The summed E-state index contributed by atoms with van der Waals surface area (Å²) in [5.74, 6) is -1.71. The number of carbonyl (C=O) groups is 1. The van der Waals surface area contributed by atoms with E-state index in [9.17, 15) is 21.6 Å². The molecule has 1 atom stereocenters. The van der Waals surface area contributed by atoms with Crippen LogP contribution in [-0.2, 0) is 25.0 Å². The number of sulfonamides is 1. The molecule has 1 aliphatic rings. The van der Waals surface area contributed by atoms with Crippen LogP contribution in [0.5, 0.6) is 0 Å². The first kappa shape index (κ1) is 17.3. The zero-order valence-electron chi connectivity index (χ0n) is 11.1. The van der Waals surface area contributed by atoms with Crippen LogP contribution in [0.3, 0.4) is 0 Å².